The van der Waals surface area contributed by atoms with Gasteiger partial charge in [-0.05, 0) is 0 Å². The van der Waals surface area contributed by atoms with Crippen molar-refractivity contribution in [2.24, 2.45) is 0 Å². The second kappa shape index (κ2) is 17.1. The normalized spacial score (nSPS) is 16.0. The number of allylic oxidation sites excluding steroid dienone is 2. The van der Waals surface area contributed by atoms with Crippen molar-refractivity contribution in [3.05, 3.63) is 264 Å². The van der Waals surface area contributed by atoms with E-state index < -0.39 is 21.5 Å². The van der Waals surface area contributed by atoms with Crippen LogP contribution in [0.15, 0.2) is 231 Å². The Bertz CT molecular complexity index is 3420. The fourth-order valence-electron chi connectivity index (χ4n) is 11.9. The van der Waals surface area contributed by atoms with Gasteiger partial charge in [-0.1, -0.05) is 0 Å². The van der Waals surface area contributed by atoms with Gasteiger partial charge in [0.15, 0.2) is 0 Å². The molecule has 10 aromatic carbocycles. The summed E-state index contributed by atoms with van der Waals surface area (Å²) in [6, 6.07) is 84.3. The van der Waals surface area contributed by atoms with Crippen LogP contribution in [0.1, 0.15) is 40.6 Å². The maximum atomic E-state index is 9.22. The zero-order valence-corrected chi connectivity index (χ0v) is 43.2. The van der Waals surface area contributed by atoms with Gasteiger partial charge in [0.1, 0.15) is 0 Å². The Hall–Kier alpha value is -6.12. The molecule has 0 fully saturated rings. The van der Waals surface area contributed by atoms with E-state index in [1.165, 1.54) is 111 Å². The Morgan fingerprint density at radius 1 is 0.324 bits per heavy atom. The average Bonchev–Trinajstić information content (AvgIpc) is 4.01. The van der Waals surface area contributed by atoms with Crippen LogP contribution in [0, 0.1) is 0 Å². The second-order valence-corrected chi connectivity index (χ2v) is 61.4. The molecule has 2 unspecified atom stereocenters. The maximum absolute atomic E-state index is 9.22. The predicted molar refractivity (Wildman–Crippen MR) is 294 cm³/mol. The van der Waals surface area contributed by atoms with E-state index >= 15 is 0 Å². The Balaban J connectivity index is 1.10. The van der Waals surface area contributed by atoms with E-state index in [1.807, 2.05) is 0 Å². The number of fused-ring (bicyclic) bond motifs is 4. The van der Waals surface area contributed by atoms with Crippen LogP contribution in [0.5, 0.6) is 0 Å². The van der Waals surface area contributed by atoms with Crippen LogP contribution in [-0.4, -0.2) is 5.92 Å². The van der Waals surface area contributed by atoms with Crippen LogP contribution in [0.4, 0.5) is 0 Å². The molecular formula is C64H49Cl2SiZr. The van der Waals surface area contributed by atoms with E-state index in [-0.39, 0.29) is 7.25 Å². The zero-order valence-electron chi connectivity index (χ0n) is 38.1. The fraction of sp³-hybridized carbons (Fsp3) is 0.0625. The first-order valence-electron chi connectivity index (χ1n) is 23.8. The van der Waals surface area contributed by atoms with Gasteiger partial charge in [0, 0.05) is 0 Å². The summed E-state index contributed by atoms with van der Waals surface area (Å²) in [6.07, 6.45) is 4.94. The van der Waals surface area contributed by atoms with Gasteiger partial charge in [0.25, 0.3) is 0 Å². The van der Waals surface area contributed by atoms with Crippen molar-refractivity contribution >= 4 is 67.8 Å². The number of hydrogen-bond donors (Lipinski definition) is 0. The molecule has 0 bridgehead atoms. The molecule has 0 radical (unpaired) electrons. The van der Waals surface area contributed by atoms with E-state index in [2.05, 4.69) is 256 Å². The number of rotatable bonds is 9. The number of benzene rings is 10. The van der Waals surface area contributed by atoms with Crippen molar-refractivity contribution in [3.8, 4) is 44.5 Å². The van der Waals surface area contributed by atoms with E-state index in [0.29, 0.717) is 0 Å². The third-order valence-corrected chi connectivity index (χ3v) is 66.7. The summed E-state index contributed by atoms with van der Waals surface area (Å²) in [7, 11) is 18.4. The summed E-state index contributed by atoms with van der Waals surface area (Å²) >= 11 is -5.41. The fourth-order valence-corrected chi connectivity index (χ4v) is 42.0. The standard InChI is InChI=1S/2C31H21.C2H7Si.2ClH.Zr/c2*1-2-10-22(11-3-1)25-20-24-14-9-19-30(31(24)21-25)29-17-7-6-16-28(29)27-18-8-13-23-12-4-5-15-26(23)27;1-3-2;;;/h2*1-21H;3H,1-2H3;2*1H;/q;;;;;+2/p-2. The monoisotopic (exact) mass is 1010 g/mol. The Kier molecular flexibility index (Phi) is 10.9. The number of hydrogen-bond acceptors (Lipinski definition) is 0. The molecule has 12 rings (SSSR count). The quantitative estimate of drug-likeness (QED) is 0.126. The third kappa shape index (κ3) is 6.87. The summed E-state index contributed by atoms with van der Waals surface area (Å²) in [6.45, 7) is 4.90. The summed E-state index contributed by atoms with van der Waals surface area (Å²) in [4.78, 5) is 0. The van der Waals surface area contributed by atoms with Crippen LogP contribution in [-0.2, 0) is 15.6 Å². The molecule has 2 aliphatic rings. The molecule has 0 aromatic heterocycles. The molecule has 0 N–H and O–H groups in total. The van der Waals surface area contributed by atoms with E-state index in [9.17, 15) is 17.0 Å². The van der Waals surface area contributed by atoms with Crippen molar-refractivity contribution in [2.45, 2.75) is 20.3 Å². The van der Waals surface area contributed by atoms with Crippen LogP contribution in [0.2, 0.25) is 13.1 Å². The summed E-state index contributed by atoms with van der Waals surface area (Å²) < 4.78 is -0.327. The van der Waals surface area contributed by atoms with Gasteiger partial charge in [-0.3, -0.25) is 0 Å². The van der Waals surface area contributed by atoms with Gasteiger partial charge in [-0.2, -0.15) is 0 Å². The molecule has 2 aliphatic carbocycles. The molecule has 2 atom stereocenters. The van der Waals surface area contributed by atoms with Crippen molar-refractivity contribution in [2.75, 3.05) is 0 Å². The molecule has 0 nitrogen and oxygen atoms in total. The molecule has 0 heterocycles. The molecule has 0 saturated heterocycles. The van der Waals surface area contributed by atoms with Crippen molar-refractivity contribution in [3.63, 3.8) is 0 Å². The SMILES string of the molecule is C[SiH](C)[Zr]([Cl])([Cl])([CH]1C(c2ccccc2)=Cc2c(-c3ccccc3-c3cccc4ccccc34)cccc21)[CH]1C(c2ccccc2)=Cc2c(-c3ccccc3-c3cccc4ccccc34)cccc21. The molecule has 10 aromatic rings. The van der Waals surface area contributed by atoms with Crippen LogP contribution in [0.3, 0.4) is 0 Å². The summed E-state index contributed by atoms with van der Waals surface area (Å²) in [5, 5.41) is 4.95. The van der Waals surface area contributed by atoms with Gasteiger partial charge < -0.3 is 0 Å². The molecule has 4 heteroatoms. The zero-order chi connectivity index (χ0) is 46.0. The van der Waals surface area contributed by atoms with Crippen molar-refractivity contribution < 1.29 is 15.6 Å². The molecule has 68 heavy (non-hydrogen) atoms. The molecule has 0 aliphatic heterocycles. The molecule has 0 amide bonds. The van der Waals surface area contributed by atoms with Gasteiger partial charge in [0.05, 0.1) is 0 Å². The Labute approximate surface area is 408 Å². The van der Waals surface area contributed by atoms with E-state index in [0.717, 1.165) is 0 Å². The molecule has 0 saturated carbocycles. The Morgan fingerprint density at radius 2 is 0.632 bits per heavy atom. The topological polar surface area (TPSA) is 0 Å². The molecular weight excluding hydrogens is 959 g/mol. The van der Waals surface area contributed by atoms with Gasteiger partial charge in [-0.25, -0.2) is 0 Å². The summed E-state index contributed by atoms with van der Waals surface area (Å²) in [5.74, 6) is -1.96. The first kappa shape index (κ1) is 43.2. The van der Waals surface area contributed by atoms with Gasteiger partial charge in [0.2, 0.25) is 0 Å². The minimum atomic E-state index is -5.41. The van der Waals surface area contributed by atoms with Crippen LogP contribution < -0.4 is 0 Å². The number of halogens is 2. The van der Waals surface area contributed by atoms with Crippen LogP contribution in [0.25, 0.3) is 89.4 Å². The summed E-state index contributed by atoms with van der Waals surface area (Å²) in [5.41, 5.74) is 19.5. The van der Waals surface area contributed by atoms with Gasteiger partial charge in [-0.15, -0.1) is 0 Å². The molecule has 0 spiro atoms. The average molecular weight is 1010 g/mol. The molecule has 327 valence electrons. The second-order valence-electron chi connectivity index (χ2n) is 18.9. The van der Waals surface area contributed by atoms with E-state index in [1.54, 1.807) is 0 Å². The predicted octanol–water partition coefficient (Wildman–Crippen LogP) is 18.5. The third-order valence-electron chi connectivity index (χ3n) is 15.1. The Morgan fingerprint density at radius 3 is 1.04 bits per heavy atom. The minimum absolute atomic E-state index is 0.164. The van der Waals surface area contributed by atoms with Crippen molar-refractivity contribution in [1.29, 1.82) is 0 Å². The first-order valence-corrected chi connectivity index (χ1v) is 40.1. The first-order chi connectivity index (χ1) is 33.3. The van der Waals surface area contributed by atoms with Gasteiger partial charge >= 0.3 is 412 Å². The van der Waals surface area contributed by atoms with E-state index in [4.69, 9.17) is 0 Å². The van der Waals surface area contributed by atoms with Crippen molar-refractivity contribution in [1.82, 2.24) is 0 Å². The van der Waals surface area contributed by atoms with Crippen LogP contribution >= 0.6 is 17.0 Å².